The minimum Gasteiger partial charge on any atom is -0.490 e. The molecule has 1 saturated heterocycles. The fourth-order valence-corrected chi connectivity index (χ4v) is 4.28. The monoisotopic (exact) mass is 558 g/mol. The Morgan fingerprint density at radius 1 is 0.919 bits per heavy atom. The van der Waals surface area contributed by atoms with Gasteiger partial charge in [0.25, 0.3) is 11.8 Å². The summed E-state index contributed by atoms with van der Waals surface area (Å²) in [6.45, 7) is 4.09. The lowest BCUT2D eigenvalue weighted by Crippen LogP contribution is -2.54. The number of hydrogen-bond acceptors (Lipinski definition) is 5. The van der Waals surface area contributed by atoms with Crippen LogP contribution in [0.4, 0.5) is 10.5 Å². The SMILES string of the molecule is CCOc1cc(/C=C2\C(=O)NC(=O)N(c3cccc(C)c3)C2=O)cc(Cl)c1OCc1ccc(Cl)c(Cl)c1. The lowest BCUT2D eigenvalue weighted by atomic mass is 10.1. The third-order valence-electron chi connectivity index (χ3n) is 5.37. The molecule has 0 saturated carbocycles. The van der Waals surface area contributed by atoms with Crippen LogP contribution in [0.25, 0.3) is 6.08 Å². The molecule has 4 amide bonds. The first-order valence-electron chi connectivity index (χ1n) is 11.2. The lowest BCUT2D eigenvalue weighted by Gasteiger charge is -2.26. The zero-order chi connectivity index (χ0) is 26.7. The highest BCUT2D eigenvalue weighted by Crippen LogP contribution is 2.38. The molecule has 0 bridgehead atoms. The van der Waals surface area contributed by atoms with E-state index in [0.29, 0.717) is 33.7 Å². The van der Waals surface area contributed by atoms with Crippen LogP contribution in [0.15, 0.2) is 60.2 Å². The van der Waals surface area contributed by atoms with Crippen LogP contribution in [0.3, 0.4) is 0 Å². The number of rotatable bonds is 7. The second kappa shape index (κ2) is 11.3. The zero-order valence-corrected chi connectivity index (χ0v) is 22.1. The molecule has 0 atom stereocenters. The summed E-state index contributed by atoms with van der Waals surface area (Å²) in [7, 11) is 0. The standard InChI is InChI=1S/C27H21Cl3N2O5/c1-3-36-23-13-17(12-22(30)24(23)37-14-16-7-8-20(28)21(29)11-16)10-19-25(33)31-27(35)32(26(19)34)18-6-4-5-15(2)9-18/h4-13H,3,14H2,1-2H3,(H,31,33,35)/b19-10+. The second-order valence-corrected chi connectivity index (χ2v) is 9.32. The molecule has 1 fully saturated rings. The van der Waals surface area contributed by atoms with E-state index < -0.39 is 17.8 Å². The van der Waals surface area contributed by atoms with Crippen LogP contribution < -0.4 is 19.7 Å². The maximum atomic E-state index is 13.2. The van der Waals surface area contributed by atoms with Crippen LogP contribution in [0.2, 0.25) is 15.1 Å². The molecule has 1 aliphatic heterocycles. The van der Waals surface area contributed by atoms with Gasteiger partial charge in [0.15, 0.2) is 11.5 Å². The number of barbiturate groups is 1. The molecule has 1 heterocycles. The van der Waals surface area contributed by atoms with Crippen molar-refractivity contribution in [2.24, 2.45) is 0 Å². The molecule has 0 aliphatic carbocycles. The molecule has 0 radical (unpaired) electrons. The van der Waals surface area contributed by atoms with Crippen LogP contribution in [0.5, 0.6) is 11.5 Å². The Labute approximate surface area is 228 Å². The van der Waals surface area contributed by atoms with Crippen molar-refractivity contribution in [3.63, 3.8) is 0 Å². The summed E-state index contributed by atoms with van der Waals surface area (Å²) < 4.78 is 11.6. The zero-order valence-electron chi connectivity index (χ0n) is 19.8. The summed E-state index contributed by atoms with van der Waals surface area (Å²) in [4.78, 5) is 39.2. The molecule has 3 aromatic rings. The maximum absolute atomic E-state index is 13.2. The van der Waals surface area contributed by atoms with Gasteiger partial charge < -0.3 is 9.47 Å². The first kappa shape index (κ1) is 26.5. The van der Waals surface area contributed by atoms with E-state index in [1.807, 2.05) is 13.0 Å². The molecular formula is C27H21Cl3N2O5. The third-order valence-corrected chi connectivity index (χ3v) is 6.39. The largest absolute Gasteiger partial charge is 0.490 e. The molecule has 4 rings (SSSR count). The fraction of sp³-hybridized carbons (Fsp3) is 0.148. The summed E-state index contributed by atoms with van der Waals surface area (Å²) in [6.07, 6.45) is 1.35. The molecule has 10 heteroatoms. The molecule has 1 N–H and O–H groups in total. The van der Waals surface area contributed by atoms with Crippen LogP contribution in [0.1, 0.15) is 23.6 Å². The molecule has 1 aliphatic rings. The van der Waals surface area contributed by atoms with E-state index in [1.165, 1.54) is 12.1 Å². The van der Waals surface area contributed by atoms with Gasteiger partial charge in [-0.3, -0.25) is 14.9 Å². The van der Waals surface area contributed by atoms with Crippen LogP contribution in [0, 0.1) is 6.92 Å². The van der Waals surface area contributed by atoms with Gasteiger partial charge in [-0.1, -0.05) is 53.0 Å². The highest BCUT2D eigenvalue weighted by molar-refractivity contribution is 6.42. The average molecular weight is 560 g/mol. The van der Waals surface area contributed by atoms with Crippen molar-refractivity contribution < 1.29 is 23.9 Å². The normalized spacial score (nSPS) is 14.7. The number of urea groups is 1. The van der Waals surface area contributed by atoms with Gasteiger partial charge in [-0.2, -0.15) is 0 Å². The van der Waals surface area contributed by atoms with Gasteiger partial charge in [-0.05, 0) is 73.0 Å². The molecule has 0 aromatic heterocycles. The van der Waals surface area contributed by atoms with Crippen molar-refractivity contribution >= 4 is 64.4 Å². The maximum Gasteiger partial charge on any atom is 0.335 e. The molecule has 190 valence electrons. The van der Waals surface area contributed by atoms with Gasteiger partial charge in [-0.25, -0.2) is 9.69 Å². The van der Waals surface area contributed by atoms with E-state index in [2.05, 4.69) is 5.32 Å². The highest BCUT2D eigenvalue weighted by Gasteiger charge is 2.37. The molecular weight excluding hydrogens is 539 g/mol. The molecule has 37 heavy (non-hydrogen) atoms. The number of carbonyl (C=O) groups is 3. The van der Waals surface area contributed by atoms with Crippen LogP contribution in [-0.2, 0) is 16.2 Å². The molecule has 0 unspecified atom stereocenters. The Kier molecular flexibility index (Phi) is 8.07. The number of nitrogens with zero attached hydrogens (tertiary/aromatic N) is 1. The summed E-state index contributed by atoms with van der Waals surface area (Å²) in [5.41, 5.74) is 2.14. The van der Waals surface area contributed by atoms with Crippen molar-refractivity contribution in [1.29, 1.82) is 0 Å². The highest BCUT2D eigenvalue weighted by atomic mass is 35.5. The predicted octanol–water partition coefficient (Wildman–Crippen LogP) is 6.60. The van der Waals surface area contributed by atoms with Crippen molar-refractivity contribution in [2.45, 2.75) is 20.5 Å². The number of benzene rings is 3. The summed E-state index contributed by atoms with van der Waals surface area (Å²) >= 11 is 18.6. The third kappa shape index (κ3) is 5.91. The minimum atomic E-state index is -0.822. The van der Waals surface area contributed by atoms with Gasteiger partial charge in [0, 0.05) is 0 Å². The molecule has 7 nitrogen and oxygen atoms in total. The Balaban J connectivity index is 1.66. The smallest absolute Gasteiger partial charge is 0.335 e. The number of hydrogen-bond donors (Lipinski definition) is 1. The van der Waals surface area contributed by atoms with Crippen molar-refractivity contribution in [3.8, 4) is 11.5 Å². The second-order valence-electron chi connectivity index (χ2n) is 8.10. The lowest BCUT2D eigenvalue weighted by molar-refractivity contribution is -0.122. The number of carbonyl (C=O) groups excluding carboxylic acids is 3. The Morgan fingerprint density at radius 2 is 1.70 bits per heavy atom. The van der Waals surface area contributed by atoms with Crippen LogP contribution >= 0.6 is 34.8 Å². The Hall–Kier alpha value is -3.52. The Morgan fingerprint density at radius 3 is 2.41 bits per heavy atom. The minimum absolute atomic E-state index is 0.144. The number of amides is 4. The van der Waals surface area contributed by atoms with Crippen molar-refractivity contribution in [1.82, 2.24) is 5.32 Å². The number of anilines is 1. The van der Waals surface area contributed by atoms with E-state index in [0.717, 1.165) is 16.0 Å². The average Bonchev–Trinajstić information content (AvgIpc) is 2.83. The first-order chi connectivity index (χ1) is 17.7. The van der Waals surface area contributed by atoms with E-state index >= 15 is 0 Å². The number of aryl methyl sites for hydroxylation is 1. The van der Waals surface area contributed by atoms with Gasteiger partial charge >= 0.3 is 6.03 Å². The van der Waals surface area contributed by atoms with E-state index in [-0.39, 0.29) is 23.0 Å². The number of imide groups is 2. The van der Waals surface area contributed by atoms with E-state index in [4.69, 9.17) is 44.3 Å². The van der Waals surface area contributed by atoms with E-state index in [9.17, 15) is 14.4 Å². The van der Waals surface area contributed by atoms with Gasteiger partial charge in [0.2, 0.25) is 0 Å². The molecule has 0 spiro atoms. The number of halogens is 3. The topological polar surface area (TPSA) is 84.9 Å². The Bertz CT molecular complexity index is 1440. The van der Waals surface area contributed by atoms with Crippen LogP contribution in [-0.4, -0.2) is 24.5 Å². The summed E-state index contributed by atoms with van der Waals surface area (Å²) in [6, 6.07) is 14.3. The first-order valence-corrected chi connectivity index (χ1v) is 12.3. The van der Waals surface area contributed by atoms with Gasteiger partial charge in [-0.15, -0.1) is 0 Å². The number of nitrogens with one attached hydrogen (secondary N) is 1. The quantitative estimate of drug-likeness (QED) is 0.260. The van der Waals surface area contributed by atoms with Crippen molar-refractivity contribution in [3.05, 3.63) is 91.9 Å². The van der Waals surface area contributed by atoms with Crippen molar-refractivity contribution in [2.75, 3.05) is 11.5 Å². The van der Waals surface area contributed by atoms with Gasteiger partial charge in [0.05, 0.1) is 27.4 Å². The fourth-order valence-electron chi connectivity index (χ4n) is 3.68. The summed E-state index contributed by atoms with van der Waals surface area (Å²) in [5.74, 6) is -0.966. The summed E-state index contributed by atoms with van der Waals surface area (Å²) in [5, 5.41) is 3.24. The molecule has 3 aromatic carbocycles. The van der Waals surface area contributed by atoms with Gasteiger partial charge in [0.1, 0.15) is 12.2 Å². The van der Waals surface area contributed by atoms with E-state index in [1.54, 1.807) is 49.4 Å². The number of ether oxygens (including phenoxy) is 2. The predicted molar refractivity (Wildman–Crippen MR) is 144 cm³/mol.